The van der Waals surface area contributed by atoms with Gasteiger partial charge in [0.05, 0.1) is 0 Å². The van der Waals surface area contributed by atoms with E-state index < -0.39 is 0 Å². The molecule has 22 nitrogen and oxygen atoms in total. The van der Waals surface area contributed by atoms with Crippen LogP contribution in [0.15, 0.2) is 97.2 Å². The Bertz CT molecular complexity index is 1740. The molecule has 0 atom stereocenters. The van der Waals surface area contributed by atoms with Gasteiger partial charge in [0.25, 0.3) is 0 Å². The maximum Gasteiger partial charge on any atom is 0.246 e. The van der Waals surface area contributed by atoms with Crippen LogP contribution in [0.2, 0.25) is 0 Å². The van der Waals surface area contributed by atoms with Crippen molar-refractivity contribution >= 4 is 47.3 Å². The molecule has 80 heavy (non-hydrogen) atoms. The van der Waals surface area contributed by atoms with E-state index >= 15 is 0 Å². The van der Waals surface area contributed by atoms with E-state index in [9.17, 15) is 38.4 Å². The van der Waals surface area contributed by atoms with E-state index in [1.165, 1.54) is 0 Å². The van der Waals surface area contributed by atoms with Crippen LogP contribution in [0.4, 0.5) is 0 Å². The largest absolute Gasteiger partial charge is 0.351 e. The number of nitrogens with zero attached hydrogens (tertiary/aromatic N) is 6. The minimum atomic E-state index is -0.250. The fraction of sp³-hybridized carbons (Fsp3) is 0.586. The summed E-state index contributed by atoms with van der Waals surface area (Å²) in [6, 6.07) is 0. The average Bonchev–Trinajstić information content (AvgIpc) is 3.39. The highest BCUT2D eigenvalue weighted by atomic mass is 16.2. The quantitative estimate of drug-likeness (QED) is 0.0383. The van der Waals surface area contributed by atoms with Crippen LogP contribution in [-0.4, -0.2) is 247 Å². The number of rotatable bonds is 47. The molecule has 0 aromatic rings. The van der Waals surface area contributed by atoms with Crippen molar-refractivity contribution in [3.05, 3.63) is 97.2 Å². The Morgan fingerprint density at radius 3 is 0.375 bits per heavy atom. The molecule has 0 aromatic heterocycles. The predicted molar refractivity (Wildman–Crippen MR) is 321 cm³/mol. The van der Waals surface area contributed by atoms with Crippen LogP contribution >= 0.6 is 0 Å². The zero-order chi connectivity index (χ0) is 60.7. The lowest BCUT2D eigenvalue weighted by Gasteiger charge is -2.34. The summed E-state index contributed by atoms with van der Waals surface area (Å²) in [7, 11) is 0. The van der Waals surface area contributed by atoms with Crippen LogP contribution in [0.3, 0.4) is 0 Å². The van der Waals surface area contributed by atoms with Gasteiger partial charge < -0.3 is 42.5 Å². The highest BCUT2D eigenvalue weighted by Gasteiger charge is 2.19. The lowest BCUT2D eigenvalue weighted by Crippen LogP contribution is -2.49. The summed E-state index contributed by atoms with van der Waals surface area (Å²) in [6.07, 6.45) is 0. The Morgan fingerprint density at radius 2 is 0.287 bits per heavy atom. The van der Waals surface area contributed by atoms with Crippen molar-refractivity contribution in [3.8, 4) is 0 Å². The Morgan fingerprint density at radius 1 is 0.200 bits per heavy atom. The lowest BCUT2D eigenvalue weighted by atomic mass is 10.3. The second-order valence-electron chi connectivity index (χ2n) is 20.3. The van der Waals surface area contributed by atoms with Crippen molar-refractivity contribution in [1.29, 1.82) is 0 Å². The number of amides is 8. The summed E-state index contributed by atoms with van der Waals surface area (Å²) >= 11 is 0. The fourth-order valence-corrected chi connectivity index (χ4v) is 7.25. The number of hydrogen-bond donors (Lipinski definition) is 8. The van der Waals surface area contributed by atoms with Crippen molar-refractivity contribution in [1.82, 2.24) is 71.9 Å². The molecule has 0 aliphatic carbocycles. The highest BCUT2D eigenvalue weighted by Crippen LogP contribution is 2.03. The molecule has 0 rings (SSSR count). The molecule has 0 heterocycles. The first-order valence-electron chi connectivity index (χ1n) is 27.5. The number of carbonyl (C=O) groups is 8. The Labute approximate surface area is 478 Å². The van der Waals surface area contributed by atoms with Gasteiger partial charge in [0.15, 0.2) is 0 Å². The third-order valence-corrected chi connectivity index (χ3v) is 12.5. The first-order valence-corrected chi connectivity index (χ1v) is 27.5. The van der Waals surface area contributed by atoms with Crippen molar-refractivity contribution < 1.29 is 38.4 Å². The van der Waals surface area contributed by atoms with E-state index in [0.717, 1.165) is 0 Å². The van der Waals surface area contributed by atoms with E-state index in [-0.39, 0.29) is 47.3 Å². The molecule has 0 saturated carbocycles. The van der Waals surface area contributed by atoms with Crippen molar-refractivity contribution in [2.24, 2.45) is 0 Å². The number of nitrogens with one attached hydrogen (secondary N) is 8. The maximum absolute atomic E-state index is 12.5. The minimum absolute atomic E-state index is 0.250. The molecule has 0 spiro atoms. The average molecular weight is 1120 g/mol. The zero-order valence-electron chi connectivity index (χ0n) is 50.0. The van der Waals surface area contributed by atoms with Gasteiger partial charge in [-0.05, 0) is 55.4 Å². The van der Waals surface area contributed by atoms with Gasteiger partial charge in [0.1, 0.15) is 0 Å². The van der Waals surface area contributed by atoms with Crippen molar-refractivity contribution in [3.63, 3.8) is 0 Å². The molecular formula is C58H100N14O8. The van der Waals surface area contributed by atoms with Crippen LogP contribution < -0.4 is 42.5 Å². The van der Waals surface area contributed by atoms with E-state index in [0.29, 0.717) is 215 Å². The molecule has 0 aromatic carbocycles. The molecule has 8 amide bonds. The smallest absolute Gasteiger partial charge is 0.246 e. The van der Waals surface area contributed by atoms with Crippen LogP contribution in [0.1, 0.15) is 55.4 Å². The van der Waals surface area contributed by atoms with Crippen molar-refractivity contribution in [2.75, 3.05) is 170 Å². The second kappa shape index (κ2) is 42.3. The monoisotopic (exact) mass is 1120 g/mol. The van der Waals surface area contributed by atoms with Gasteiger partial charge in [0.2, 0.25) is 47.3 Å². The lowest BCUT2D eigenvalue weighted by molar-refractivity contribution is -0.118. The molecule has 0 unspecified atom stereocenters. The van der Waals surface area contributed by atoms with Gasteiger partial charge in [-0.2, -0.15) is 0 Å². The van der Waals surface area contributed by atoms with E-state index in [1.54, 1.807) is 55.4 Å². The summed E-state index contributed by atoms with van der Waals surface area (Å²) in [5, 5.41) is 23.4. The van der Waals surface area contributed by atoms with Gasteiger partial charge in [-0.15, -0.1) is 0 Å². The second-order valence-corrected chi connectivity index (χ2v) is 20.3. The summed E-state index contributed by atoms with van der Waals surface area (Å²) in [5.74, 6) is -2.00. The highest BCUT2D eigenvalue weighted by molar-refractivity contribution is 5.94. The summed E-state index contributed by atoms with van der Waals surface area (Å²) in [4.78, 5) is 113. The van der Waals surface area contributed by atoms with Gasteiger partial charge in [-0.3, -0.25) is 67.8 Å². The van der Waals surface area contributed by atoms with Crippen LogP contribution in [-0.2, 0) is 38.4 Å². The summed E-state index contributed by atoms with van der Waals surface area (Å²) in [5.41, 5.74) is 3.14. The first-order chi connectivity index (χ1) is 37.6. The van der Waals surface area contributed by atoms with Crippen LogP contribution in [0.25, 0.3) is 0 Å². The zero-order valence-corrected chi connectivity index (χ0v) is 50.0. The molecule has 0 aliphatic rings. The molecule has 0 aliphatic heterocycles. The Balaban J connectivity index is 7.29. The maximum atomic E-state index is 12.5. The van der Waals surface area contributed by atoms with E-state index in [1.807, 2.05) is 0 Å². The molecular weight excluding hydrogens is 1020 g/mol. The Hall–Kier alpha value is -6.56. The standard InChI is InChI=1S/C58H100N14O8/c1-43(2)51(73)59-17-25-67(26-18-60-52(74)44(3)4)33-37-71(38-34-68(27-19-61-53(75)45(5)6)28-20-62-54(76)46(7)8)41-42-72(39-35-69(29-21-63-55(77)47(9)10)30-22-64-56(78)48(11)12)40-36-70(31-23-65-57(79)49(13)14)32-24-66-58(80)50(15)16/h1,3,5,7,9,11,13,15,17-42H2,2,4,6,8,10,12,14,16H3,(H,59,73)(H,60,74)(H,61,75)(H,62,76)(H,63,77)(H,64,78)(H,65,79)(H,66,80). The first kappa shape index (κ1) is 73.4. The Kier molecular flexibility index (Phi) is 38.9. The third kappa shape index (κ3) is 36.6. The molecule has 8 N–H and O–H groups in total. The van der Waals surface area contributed by atoms with E-state index in [2.05, 4.69) is 125 Å². The van der Waals surface area contributed by atoms with Gasteiger partial charge in [0, 0.05) is 215 Å². The molecule has 450 valence electrons. The van der Waals surface area contributed by atoms with Crippen LogP contribution in [0, 0.1) is 0 Å². The molecule has 0 saturated heterocycles. The third-order valence-electron chi connectivity index (χ3n) is 12.5. The molecule has 0 radical (unpaired) electrons. The predicted octanol–water partition coefficient (Wildman–Crippen LogP) is 0.337. The molecule has 22 heteroatoms. The van der Waals surface area contributed by atoms with Gasteiger partial charge in [-0.1, -0.05) is 52.6 Å². The summed E-state index contributed by atoms with van der Waals surface area (Å²) in [6.45, 7) is 55.7. The minimum Gasteiger partial charge on any atom is -0.351 e. The van der Waals surface area contributed by atoms with Gasteiger partial charge >= 0.3 is 0 Å². The number of hydrogen-bond acceptors (Lipinski definition) is 14. The molecule has 0 fully saturated rings. The van der Waals surface area contributed by atoms with Gasteiger partial charge in [-0.25, -0.2) is 0 Å². The number of carbonyl (C=O) groups excluding carboxylic acids is 8. The topological polar surface area (TPSA) is 252 Å². The molecule has 0 bridgehead atoms. The van der Waals surface area contributed by atoms with Crippen molar-refractivity contribution in [2.45, 2.75) is 55.4 Å². The SMILES string of the molecule is C=C(C)C(=O)NCCN(CCNC(=O)C(=C)C)CCN(CCN(CCNC(=O)C(=C)C)CCNC(=O)C(=C)C)CCN(CCN(CCNC(=O)C(=C)C)CCNC(=O)C(=C)C)CCN(CCNC(=O)C(=C)C)CCNC(=O)C(=C)C. The fourth-order valence-electron chi connectivity index (χ4n) is 7.25. The van der Waals surface area contributed by atoms with Crippen LogP contribution in [0.5, 0.6) is 0 Å². The van der Waals surface area contributed by atoms with E-state index in [4.69, 9.17) is 0 Å². The normalized spacial score (nSPS) is 11.0. The summed E-state index contributed by atoms with van der Waals surface area (Å²) < 4.78 is 0.